The zero-order valence-corrected chi connectivity index (χ0v) is 12.4. The van der Waals surface area contributed by atoms with Crippen molar-refractivity contribution in [3.05, 3.63) is 0 Å². The monoisotopic (exact) mass is 268 g/mol. The predicted octanol–water partition coefficient (Wildman–Crippen LogP) is 2.74. The van der Waals surface area contributed by atoms with Gasteiger partial charge in [-0.1, -0.05) is 19.3 Å². The van der Waals surface area contributed by atoms with Crippen LogP contribution in [0, 0.1) is 5.92 Å². The van der Waals surface area contributed by atoms with Crippen molar-refractivity contribution in [3.63, 3.8) is 0 Å². The molecular weight excluding hydrogens is 240 g/mol. The van der Waals surface area contributed by atoms with Gasteiger partial charge in [-0.3, -0.25) is 4.90 Å². The standard InChI is InChI=1S/C15H28N2S/c1-2-6-15(7-3-1)13-17(9-8-16-15)12-14-4-10-18-11-5-14/h14,16H,1-13H2. The highest BCUT2D eigenvalue weighted by Gasteiger charge is 2.36. The van der Waals surface area contributed by atoms with E-state index in [-0.39, 0.29) is 0 Å². The fraction of sp³-hybridized carbons (Fsp3) is 1.00. The van der Waals surface area contributed by atoms with E-state index >= 15 is 0 Å². The minimum Gasteiger partial charge on any atom is -0.309 e. The molecule has 3 aliphatic rings. The van der Waals surface area contributed by atoms with Crippen LogP contribution in [0.1, 0.15) is 44.9 Å². The van der Waals surface area contributed by atoms with Crippen molar-refractivity contribution in [1.82, 2.24) is 10.2 Å². The van der Waals surface area contributed by atoms with Gasteiger partial charge in [0.15, 0.2) is 0 Å². The van der Waals surface area contributed by atoms with Crippen molar-refractivity contribution in [2.45, 2.75) is 50.5 Å². The van der Waals surface area contributed by atoms with Crippen LogP contribution in [0.3, 0.4) is 0 Å². The summed E-state index contributed by atoms with van der Waals surface area (Å²) in [5.74, 6) is 3.80. The number of thioether (sulfide) groups is 1. The molecule has 18 heavy (non-hydrogen) atoms. The number of rotatable bonds is 2. The summed E-state index contributed by atoms with van der Waals surface area (Å²) in [4.78, 5) is 2.78. The fourth-order valence-electron chi connectivity index (χ4n) is 4.06. The average molecular weight is 268 g/mol. The molecule has 1 aliphatic carbocycles. The topological polar surface area (TPSA) is 15.3 Å². The first-order valence-electron chi connectivity index (χ1n) is 7.91. The average Bonchev–Trinajstić information content (AvgIpc) is 2.41. The van der Waals surface area contributed by atoms with Gasteiger partial charge in [-0.25, -0.2) is 0 Å². The largest absolute Gasteiger partial charge is 0.309 e. The van der Waals surface area contributed by atoms with Gasteiger partial charge in [-0.15, -0.1) is 0 Å². The molecule has 1 saturated carbocycles. The normalized spacial score (nSPS) is 30.7. The summed E-state index contributed by atoms with van der Waals surface area (Å²) in [6, 6.07) is 0. The van der Waals surface area contributed by atoms with Crippen LogP contribution >= 0.6 is 11.8 Å². The van der Waals surface area contributed by atoms with Crippen molar-refractivity contribution in [2.75, 3.05) is 37.7 Å². The third kappa shape index (κ3) is 3.23. The Bertz CT molecular complexity index is 252. The summed E-state index contributed by atoms with van der Waals surface area (Å²) >= 11 is 2.15. The van der Waals surface area contributed by atoms with Crippen LogP contribution < -0.4 is 5.32 Å². The second-order valence-electron chi connectivity index (χ2n) is 6.56. The molecule has 104 valence electrons. The fourth-order valence-corrected chi connectivity index (χ4v) is 5.26. The second-order valence-corrected chi connectivity index (χ2v) is 7.78. The Labute approximate surface area is 116 Å². The van der Waals surface area contributed by atoms with Crippen LogP contribution in [0.4, 0.5) is 0 Å². The molecule has 2 aliphatic heterocycles. The summed E-state index contributed by atoms with van der Waals surface area (Å²) in [5.41, 5.74) is 0.500. The molecule has 0 radical (unpaired) electrons. The zero-order chi connectivity index (χ0) is 12.3. The summed E-state index contributed by atoms with van der Waals surface area (Å²) in [6.45, 7) is 5.22. The number of nitrogens with one attached hydrogen (secondary N) is 1. The molecule has 3 heteroatoms. The van der Waals surface area contributed by atoms with Gasteiger partial charge in [0, 0.05) is 31.7 Å². The highest BCUT2D eigenvalue weighted by Crippen LogP contribution is 2.31. The number of nitrogens with zero attached hydrogens (tertiary/aromatic N) is 1. The van der Waals surface area contributed by atoms with E-state index in [0.717, 1.165) is 5.92 Å². The minimum atomic E-state index is 0.500. The van der Waals surface area contributed by atoms with Gasteiger partial charge >= 0.3 is 0 Å². The molecule has 0 aromatic heterocycles. The third-order valence-corrected chi connectivity index (χ3v) is 6.17. The van der Waals surface area contributed by atoms with Crippen LogP contribution in [0.25, 0.3) is 0 Å². The number of hydrogen-bond donors (Lipinski definition) is 1. The number of piperazine rings is 1. The SMILES string of the molecule is C1CCC2(CC1)CN(CC1CCSCC1)CCN2. The zero-order valence-electron chi connectivity index (χ0n) is 11.6. The summed E-state index contributed by atoms with van der Waals surface area (Å²) in [6.07, 6.45) is 10.1. The Hall–Kier alpha value is 0.270. The highest BCUT2D eigenvalue weighted by atomic mass is 32.2. The smallest absolute Gasteiger partial charge is 0.0309 e. The van der Waals surface area contributed by atoms with Crippen LogP contribution in [0.15, 0.2) is 0 Å². The van der Waals surface area contributed by atoms with Crippen molar-refractivity contribution < 1.29 is 0 Å². The lowest BCUT2D eigenvalue weighted by atomic mass is 9.80. The van der Waals surface area contributed by atoms with Crippen LogP contribution in [0.2, 0.25) is 0 Å². The predicted molar refractivity (Wildman–Crippen MR) is 80.3 cm³/mol. The van der Waals surface area contributed by atoms with Crippen LogP contribution in [-0.2, 0) is 0 Å². The lowest BCUT2D eigenvalue weighted by Gasteiger charge is -2.47. The van der Waals surface area contributed by atoms with E-state index in [1.54, 1.807) is 0 Å². The second kappa shape index (κ2) is 6.15. The Balaban J connectivity index is 1.52. The molecule has 2 nitrogen and oxygen atoms in total. The molecular formula is C15H28N2S. The van der Waals surface area contributed by atoms with E-state index in [2.05, 4.69) is 22.0 Å². The van der Waals surface area contributed by atoms with E-state index in [1.807, 2.05) is 0 Å². The van der Waals surface area contributed by atoms with Gasteiger partial charge in [-0.05, 0) is 43.1 Å². The lowest BCUT2D eigenvalue weighted by molar-refractivity contribution is 0.0861. The van der Waals surface area contributed by atoms with E-state index in [1.165, 1.54) is 82.6 Å². The van der Waals surface area contributed by atoms with Crippen molar-refractivity contribution >= 4 is 11.8 Å². The third-order valence-electron chi connectivity index (χ3n) is 5.12. The maximum atomic E-state index is 3.86. The van der Waals surface area contributed by atoms with E-state index in [4.69, 9.17) is 0 Å². The van der Waals surface area contributed by atoms with E-state index < -0.39 is 0 Å². The highest BCUT2D eigenvalue weighted by molar-refractivity contribution is 7.99. The summed E-state index contributed by atoms with van der Waals surface area (Å²) < 4.78 is 0. The Morgan fingerprint density at radius 2 is 1.89 bits per heavy atom. The van der Waals surface area contributed by atoms with Gasteiger partial charge in [0.1, 0.15) is 0 Å². The molecule has 2 heterocycles. The maximum absolute atomic E-state index is 3.86. The maximum Gasteiger partial charge on any atom is 0.0309 e. The molecule has 0 bridgehead atoms. The molecule has 0 aromatic rings. The quantitative estimate of drug-likeness (QED) is 0.829. The molecule has 3 fully saturated rings. The number of hydrogen-bond acceptors (Lipinski definition) is 3. The first-order valence-corrected chi connectivity index (χ1v) is 9.07. The van der Waals surface area contributed by atoms with Crippen LogP contribution in [-0.4, -0.2) is 48.1 Å². The van der Waals surface area contributed by atoms with Crippen molar-refractivity contribution in [3.8, 4) is 0 Å². The summed E-state index contributed by atoms with van der Waals surface area (Å²) in [5, 5.41) is 3.86. The summed E-state index contributed by atoms with van der Waals surface area (Å²) in [7, 11) is 0. The molecule has 1 N–H and O–H groups in total. The van der Waals surface area contributed by atoms with Gasteiger partial charge < -0.3 is 5.32 Å². The molecule has 0 amide bonds. The molecule has 0 aromatic carbocycles. The Morgan fingerprint density at radius 1 is 1.11 bits per heavy atom. The van der Waals surface area contributed by atoms with Gasteiger partial charge in [-0.2, -0.15) is 11.8 Å². The molecule has 0 atom stereocenters. The molecule has 2 saturated heterocycles. The van der Waals surface area contributed by atoms with Gasteiger partial charge in [0.05, 0.1) is 0 Å². The van der Waals surface area contributed by atoms with Gasteiger partial charge in [0.2, 0.25) is 0 Å². The first-order chi connectivity index (χ1) is 8.86. The lowest BCUT2D eigenvalue weighted by Crippen LogP contribution is -2.61. The molecule has 1 spiro atoms. The minimum absolute atomic E-state index is 0.500. The molecule has 0 unspecified atom stereocenters. The van der Waals surface area contributed by atoms with Crippen LogP contribution in [0.5, 0.6) is 0 Å². The van der Waals surface area contributed by atoms with Crippen molar-refractivity contribution in [1.29, 1.82) is 0 Å². The first kappa shape index (κ1) is 13.3. The van der Waals surface area contributed by atoms with E-state index in [0.29, 0.717) is 5.54 Å². The Kier molecular flexibility index (Phi) is 4.53. The Morgan fingerprint density at radius 3 is 2.67 bits per heavy atom. The van der Waals surface area contributed by atoms with Gasteiger partial charge in [0.25, 0.3) is 0 Å². The van der Waals surface area contributed by atoms with E-state index in [9.17, 15) is 0 Å². The van der Waals surface area contributed by atoms with Crippen molar-refractivity contribution in [2.24, 2.45) is 5.92 Å². The molecule has 3 rings (SSSR count).